The summed E-state index contributed by atoms with van der Waals surface area (Å²) in [5, 5.41) is 2.21. The maximum Gasteiger partial charge on any atom is 0.102 e. The lowest BCUT2D eigenvalue weighted by molar-refractivity contribution is -0.267. The van der Waals surface area contributed by atoms with Crippen LogP contribution in [0, 0.1) is 0 Å². The summed E-state index contributed by atoms with van der Waals surface area (Å²) < 4.78 is 0. The highest BCUT2D eigenvalue weighted by molar-refractivity contribution is 5.16. The number of hydrogen-bond donors (Lipinski definition) is 0. The number of hydroxylamine groups is 2. The minimum absolute atomic E-state index is 0.0999. The van der Waals surface area contributed by atoms with Crippen molar-refractivity contribution in [2.45, 2.75) is 64.6 Å². The summed E-state index contributed by atoms with van der Waals surface area (Å²) >= 11 is 0. The second-order valence-corrected chi connectivity index (χ2v) is 6.58. The smallest absolute Gasteiger partial charge is 0.102 e. The third kappa shape index (κ3) is 2.60. The van der Waals surface area contributed by atoms with Gasteiger partial charge in [0, 0.05) is 11.1 Å². The quantitative estimate of drug-likeness (QED) is 0.788. The van der Waals surface area contributed by atoms with E-state index in [1.54, 1.807) is 0 Å². The molecule has 1 aromatic carbocycles. The monoisotopic (exact) mass is 247 g/mol. The molecule has 0 N–H and O–H groups in total. The van der Waals surface area contributed by atoms with E-state index in [4.69, 9.17) is 4.84 Å². The van der Waals surface area contributed by atoms with Gasteiger partial charge in [-0.1, -0.05) is 30.3 Å². The molecule has 1 fully saturated rings. The topological polar surface area (TPSA) is 12.5 Å². The Balaban J connectivity index is 2.13. The molecule has 18 heavy (non-hydrogen) atoms. The van der Waals surface area contributed by atoms with Gasteiger partial charge in [0.1, 0.15) is 6.10 Å². The average Bonchev–Trinajstić information content (AvgIpc) is 2.53. The van der Waals surface area contributed by atoms with Gasteiger partial charge >= 0.3 is 0 Å². The van der Waals surface area contributed by atoms with Gasteiger partial charge < -0.3 is 0 Å². The molecule has 0 bridgehead atoms. The van der Waals surface area contributed by atoms with Gasteiger partial charge in [-0.3, -0.25) is 4.84 Å². The van der Waals surface area contributed by atoms with Crippen molar-refractivity contribution in [3.63, 3.8) is 0 Å². The maximum absolute atomic E-state index is 6.26. The molecule has 0 spiro atoms. The lowest BCUT2D eigenvalue weighted by Crippen LogP contribution is -2.48. The summed E-state index contributed by atoms with van der Waals surface area (Å²) in [7, 11) is 0. The van der Waals surface area contributed by atoms with E-state index in [2.05, 4.69) is 63.9 Å². The van der Waals surface area contributed by atoms with Crippen LogP contribution in [0.3, 0.4) is 0 Å². The van der Waals surface area contributed by atoms with Crippen LogP contribution in [-0.2, 0) is 4.84 Å². The summed E-state index contributed by atoms with van der Waals surface area (Å²) in [4.78, 5) is 6.26. The number of benzene rings is 1. The van der Waals surface area contributed by atoms with E-state index in [0.717, 1.165) is 0 Å². The normalized spacial score (nSPS) is 24.1. The molecule has 0 radical (unpaired) electrons. The van der Waals surface area contributed by atoms with Crippen molar-refractivity contribution in [2.75, 3.05) is 0 Å². The van der Waals surface area contributed by atoms with Gasteiger partial charge in [0.15, 0.2) is 0 Å². The van der Waals surface area contributed by atoms with Crippen LogP contribution in [0.15, 0.2) is 30.3 Å². The summed E-state index contributed by atoms with van der Waals surface area (Å²) in [6.07, 6.45) is 2.46. The van der Waals surface area contributed by atoms with Crippen LogP contribution in [0.2, 0.25) is 0 Å². The predicted molar refractivity (Wildman–Crippen MR) is 75.2 cm³/mol. The Morgan fingerprint density at radius 3 is 2.00 bits per heavy atom. The molecule has 1 aliphatic heterocycles. The number of rotatable bonds is 3. The zero-order valence-corrected chi connectivity index (χ0v) is 12.2. The van der Waals surface area contributed by atoms with Crippen molar-refractivity contribution in [3.05, 3.63) is 35.9 Å². The van der Waals surface area contributed by atoms with Crippen molar-refractivity contribution in [1.29, 1.82) is 0 Å². The lowest BCUT2D eigenvalue weighted by Gasteiger charge is -2.40. The second kappa shape index (κ2) is 4.67. The van der Waals surface area contributed by atoms with Gasteiger partial charge in [-0.05, 0) is 53.0 Å². The predicted octanol–water partition coefficient (Wildman–Crippen LogP) is 4.33. The summed E-state index contributed by atoms with van der Waals surface area (Å²) in [5.41, 5.74) is 1.47. The summed E-state index contributed by atoms with van der Waals surface area (Å²) in [6.45, 7) is 11.2. The SMILES string of the molecule is CC(ON1C(C)(C)CCC1(C)C)c1ccccc1. The van der Waals surface area contributed by atoms with Crippen LogP contribution in [0.25, 0.3) is 0 Å². The summed E-state index contributed by atoms with van der Waals surface area (Å²) in [5.74, 6) is 0. The van der Waals surface area contributed by atoms with E-state index < -0.39 is 0 Å². The van der Waals surface area contributed by atoms with E-state index >= 15 is 0 Å². The first kappa shape index (κ1) is 13.6. The Labute approximate surface area is 111 Å². The molecule has 2 nitrogen and oxygen atoms in total. The highest BCUT2D eigenvalue weighted by Crippen LogP contribution is 2.42. The Morgan fingerprint density at radius 1 is 1.00 bits per heavy atom. The van der Waals surface area contributed by atoms with Crippen molar-refractivity contribution in [3.8, 4) is 0 Å². The first-order chi connectivity index (χ1) is 8.33. The van der Waals surface area contributed by atoms with Gasteiger partial charge in [-0.25, -0.2) is 0 Å². The van der Waals surface area contributed by atoms with E-state index in [9.17, 15) is 0 Å². The lowest BCUT2D eigenvalue weighted by atomic mass is 10.0. The van der Waals surface area contributed by atoms with E-state index in [-0.39, 0.29) is 17.2 Å². The Morgan fingerprint density at radius 2 is 1.50 bits per heavy atom. The molecule has 1 atom stereocenters. The minimum Gasteiger partial charge on any atom is -0.290 e. The fourth-order valence-electron chi connectivity index (χ4n) is 2.86. The van der Waals surface area contributed by atoms with Crippen molar-refractivity contribution < 1.29 is 4.84 Å². The third-order valence-electron chi connectivity index (χ3n) is 3.98. The Bertz CT molecular complexity index is 381. The fourth-order valence-corrected chi connectivity index (χ4v) is 2.86. The van der Waals surface area contributed by atoms with Crippen LogP contribution in [0.1, 0.15) is 59.1 Å². The zero-order valence-electron chi connectivity index (χ0n) is 12.2. The second-order valence-electron chi connectivity index (χ2n) is 6.58. The van der Waals surface area contributed by atoms with E-state index in [1.165, 1.54) is 18.4 Å². The van der Waals surface area contributed by atoms with E-state index in [1.807, 2.05) is 6.07 Å². The molecular formula is C16H25NO. The van der Waals surface area contributed by atoms with Crippen molar-refractivity contribution in [2.24, 2.45) is 0 Å². The molecule has 1 aromatic rings. The molecule has 0 amide bonds. The van der Waals surface area contributed by atoms with Crippen LogP contribution < -0.4 is 0 Å². The standard InChI is InChI=1S/C16H25NO/c1-13(14-9-7-6-8-10-14)18-17-15(2,3)11-12-16(17,4)5/h6-10,13H,11-12H2,1-5H3. The molecule has 2 heteroatoms. The zero-order chi connectivity index (χ0) is 13.4. The molecule has 1 saturated heterocycles. The van der Waals surface area contributed by atoms with Gasteiger partial charge in [-0.15, -0.1) is 0 Å². The number of hydrogen-bond acceptors (Lipinski definition) is 2. The molecule has 1 unspecified atom stereocenters. The van der Waals surface area contributed by atoms with Crippen LogP contribution in [0.4, 0.5) is 0 Å². The largest absolute Gasteiger partial charge is 0.290 e. The van der Waals surface area contributed by atoms with Crippen molar-refractivity contribution in [1.82, 2.24) is 5.06 Å². The van der Waals surface area contributed by atoms with Gasteiger partial charge in [0.25, 0.3) is 0 Å². The molecule has 0 saturated carbocycles. The Hall–Kier alpha value is -0.860. The molecule has 0 aromatic heterocycles. The Kier molecular flexibility index (Phi) is 3.52. The molecule has 100 valence electrons. The fraction of sp³-hybridized carbons (Fsp3) is 0.625. The highest BCUT2D eigenvalue weighted by Gasteiger charge is 2.46. The van der Waals surface area contributed by atoms with Crippen LogP contribution in [0.5, 0.6) is 0 Å². The molecule has 2 rings (SSSR count). The number of nitrogens with zero attached hydrogens (tertiary/aromatic N) is 1. The molecule has 0 aliphatic carbocycles. The van der Waals surface area contributed by atoms with Crippen molar-refractivity contribution >= 4 is 0 Å². The highest BCUT2D eigenvalue weighted by atomic mass is 16.7. The third-order valence-corrected chi connectivity index (χ3v) is 3.98. The van der Waals surface area contributed by atoms with Crippen LogP contribution >= 0.6 is 0 Å². The van der Waals surface area contributed by atoms with E-state index in [0.29, 0.717) is 0 Å². The van der Waals surface area contributed by atoms with Gasteiger partial charge in [-0.2, -0.15) is 5.06 Å². The molecule has 1 aliphatic rings. The molecule has 1 heterocycles. The van der Waals surface area contributed by atoms with Gasteiger partial charge in [0.2, 0.25) is 0 Å². The summed E-state index contributed by atoms with van der Waals surface area (Å²) in [6, 6.07) is 10.4. The van der Waals surface area contributed by atoms with Crippen LogP contribution in [-0.4, -0.2) is 16.1 Å². The van der Waals surface area contributed by atoms with Gasteiger partial charge in [0.05, 0.1) is 0 Å². The first-order valence-corrected chi connectivity index (χ1v) is 6.85. The molecular weight excluding hydrogens is 222 g/mol. The first-order valence-electron chi connectivity index (χ1n) is 6.85. The minimum atomic E-state index is 0.0999. The average molecular weight is 247 g/mol. The maximum atomic E-state index is 6.26.